The molecule has 3 amide bonds. The van der Waals surface area contributed by atoms with Crippen LogP contribution < -0.4 is 16.4 Å². The molecule has 2 aromatic rings. The van der Waals surface area contributed by atoms with Gasteiger partial charge in [-0.2, -0.15) is 13.2 Å². The van der Waals surface area contributed by atoms with Gasteiger partial charge in [-0.1, -0.05) is 24.3 Å². The maximum Gasteiger partial charge on any atom is 0.416 e. The van der Waals surface area contributed by atoms with Crippen LogP contribution in [0.15, 0.2) is 48.5 Å². The van der Waals surface area contributed by atoms with Gasteiger partial charge in [0.05, 0.1) is 5.56 Å². The van der Waals surface area contributed by atoms with E-state index >= 15 is 0 Å². The molecule has 0 heterocycles. The molecule has 0 spiro atoms. The molecule has 2 aromatic carbocycles. The molecular weight excluding hydrogens is 418 g/mol. The largest absolute Gasteiger partial charge is 0.416 e. The fraction of sp³-hybridized carbons (Fsp3) is 0.286. The van der Waals surface area contributed by atoms with E-state index in [0.717, 1.165) is 12.1 Å². The molecule has 0 aliphatic heterocycles. The van der Waals surface area contributed by atoms with Gasteiger partial charge in [0.25, 0.3) is 0 Å². The zero-order valence-corrected chi connectivity index (χ0v) is 16.5. The number of carbonyl (C=O) groups excluding carboxylic acids is 3. The predicted molar refractivity (Wildman–Crippen MR) is 104 cm³/mol. The summed E-state index contributed by atoms with van der Waals surface area (Å²) in [6.07, 6.45) is -4.61. The van der Waals surface area contributed by atoms with Crippen LogP contribution in [0.4, 0.5) is 17.6 Å². The Balaban J connectivity index is 2.12. The van der Waals surface area contributed by atoms with E-state index in [1.165, 1.54) is 43.3 Å². The van der Waals surface area contributed by atoms with Crippen LogP contribution in [0.1, 0.15) is 23.6 Å². The first-order chi connectivity index (χ1) is 14.5. The minimum absolute atomic E-state index is 0.0253. The van der Waals surface area contributed by atoms with Crippen LogP contribution in [0, 0.1) is 5.82 Å². The highest BCUT2D eigenvalue weighted by atomic mass is 19.4. The number of nitrogens with one attached hydrogen (secondary N) is 2. The van der Waals surface area contributed by atoms with Crippen molar-refractivity contribution in [3.05, 3.63) is 71.0 Å². The second-order valence-corrected chi connectivity index (χ2v) is 6.95. The molecule has 0 saturated carbocycles. The lowest BCUT2D eigenvalue weighted by atomic mass is 10.0. The molecule has 166 valence electrons. The van der Waals surface area contributed by atoms with E-state index in [-0.39, 0.29) is 12.8 Å². The molecule has 0 aromatic heterocycles. The van der Waals surface area contributed by atoms with Crippen molar-refractivity contribution < 1.29 is 31.9 Å². The highest BCUT2D eigenvalue weighted by Gasteiger charge is 2.30. The zero-order chi connectivity index (χ0) is 23.2. The van der Waals surface area contributed by atoms with Crippen LogP contribution in [0.2, 0.25) is 0 Å². The summed E-state index contributed by atoms with van der Waals surface area (Å²) in [4.78, 5) is 36.0. The third kappa shape index (κ3) is 7.40. The molecule has 10 heteroatoms. The van der Waals surface area contributed by atoms with E-state index in [9.17, 15) is 31.9 Å². The highest BCUT2D eigenvalue weighted by molar-refractivity contribution is 5.91. The van der Waals surface area contributed by atoms with E-state index in [4.69, 9.17) is 5.73 Å². The third-order valence-corrected chi connectivity index (χ3v) is 4.43. The number of rotatable bonds is 8. The van der Waals surface area contributed by atoms with E-state index in [1.54, 1.807) is 0 Å². The van der Waals surface area contributed by atoms with E-state index in [1.807, 2.05) is 0 Å². The summed E-state index contributed by atoms with van der Waals surface area (Å²) < 4.78 is 51.2. The summed E-state index contributed by atoms with van der Waals surface area (Å²) in [6.45, 7) is 1.21. The monoisotopic (exact) mass is 439 g/mol. The Hall–Kier alpha value is -3.43. The van der Waals surface area contributed by atoms with E-state index in [2.05, 4.69) is 10.6 Å². The van der Waals surface area contributed by atoms with Gasteiger partial charge in [0.1, 0.15) is 17.9 Å². The van der Waals surface area contributed by atoms with Crippen LogP contribution in [-0.2, 0) is 33.4 Å². The van der Waals surface area contributed by atoms with Gasteiger partial charge >= 0.3 is 6.18 Å². The molecule has 0 unspecified atom stereocenters. The molecule has 0 bridgehead atoms. The van der Waals surface area contributed by atoms with Crippen LogP contribution in [0.3, 0.4) is 0 Å². The van der Waals surface area contributed by atoms with Gasteiger partial charge in [-0.25, -0.2) is 4.39 Å². The maximum atomic E-state index is 13.1. The van der Waals surface area contributed by atoms with Gasteiger partial charge in [0.2, 0.25) is 17.7 Å². The summed E-state index contributed by atoms with van der Waals surface area (Å²) in [5.41, 5.74) is 5.41. The molecule has 2 rings (SSSR count). The van der Waals surface area contributed by atoms with Gasteiger partial charge in [-0.05, 0) is 35.4 Å². The van der Waals surface area contributed by atoms with Gasteiger partial charge < -0.3 is 16.4 Å². The van der Waals surface area contributed by atoms with E-state index < -0.39 is 47.4 Å². The van der Waals surface area contributed by atoms with Gasteiger partial charge in [0, 0.05) is 19.8 Å². The van der Waals surface area contributed by atoms with Gasteiger partial charge in [-0.15, -0.1) is 0 Å². The lowest BCUT2D eigenvalue weighted by Crippen LogP contribution is -2.54. The lowest BCUT2D eigenvalue weighted by Gasteiger charge is -2.22. The zero-order valence-electron chi connectivity index (χ0n) is 16.5. The number of alkyl halides is 3. The standard InChI is InChI=1S/C21H21F4N3O3/c1-12(29)27-18(11-14-4-8-16(22)9-5-14)20(31)28-17(19(26)30)10-13-2-6-15(7-3-13)21(23,24)25/h2-9,17-18H,10-11H2,1H3,(H2,26,30)(H,27,29)(H,28,31)/t17-,18+/m0/s1. The molecule has 2 atom stereocenters. The molecule has 31 heavy (non-hydrogen) atoms. The second kappa shape index (κ2) is 10.1. The Labute approximate surface area is 175 Å². The number of carbonyl (C=O) groups is 3. The first-order valence-electron chi connectivity index (χ1n) is 9.23. The van der Waals surface area contributed by atoms with Crippen molar-refractivity contribution in [2.45, 2.75) is 38.0 Å². The maximum absolute atomic E-state index is 13.1. The minimum Gasteiger partial charge on any atom is -0.368 e. The number of primary amides is 1. The third-order valence-electron chi connectivity index (χ3n) is 4.43. The van der Waals surface area contributed by atoms with Crippen LogP contribution in [0.25, 0.3) is 0 Å². The molecule has 0 aliphatic carbocycles. The fourth-order valence-corrected chi connectivity index (χ4v) is 2.87. The SMILES string of the molecule is CC(=O)N[C@H](Cc1ccc(F)cc1)C(=O)N[C@@H](Cc1ccc(C(F)(F)F)cc1)C(N)=O. The summed E-state index contributed by atoms with van der Waals surface area (Å²) in [5.74, 6) is -2.57. The molecular formula is C21H21F4N3O3. The van der Waals surface area contributed by atoms with Crippen molar-refractivity contribution in [2.24, 2.45) is 5.73 Å². The lowest BCUT2D eigenvalue weighted by molar-refractivity contribution is -0.137. The first kappa shape index (κ1) is 23.8. The normalized spacial score (nSPS) is 13.2. The quantitative estimate of drug-likeness (QED) is 0.549. The van der Waals surface area contributed by atoms with E-state index in [0.29, 0.717) is 11.1 Å². The number of hydrogen-bond acceptors (Lipinski definition) is 3. The smallest absolute Gasteiger partial charge is 0.368 e. The molecule has 0 aliphatic rings. The van der Waals surface area contributed by atoms with Crippen LogP contribution >= 0.6 is 0 Å². The Bertz CT molecular complexity index is 928. The summed E-state index contributed by atoms with van der Waals surface area (Å²) in [5, 5.41) is 4.88. The molecule has 0 saturated heterocycles. The molecule has 0 fully saturated rings. The highest BCUT2D eigenvalue weighted by Crippen LogP contribution is 2.29. The van der Waals surface area contributed by atoms with Crippen molar-refractivity contribution in [2.75, 3.05) is 0 Å². The Morgan fingerprint density at radius 3 is 1.81 bits per heavy atom. The van der Waals surface area contributed by atoms with Gasteiger partial charge in [-0.3, -0.25) is 14.4 Å². The van der Waals surface area contributed by atoms with Gasteiger partial charge in [0.15, 0.2) is 0 Å². The van der Waals surface area contributed by atoms with Crippen molar-refractivity contribution in [1.82, 2.24) is 10.6 Å². The number of amides is 3. The van der Waals surface area contributed by atoms with Crippen molar-refractivity contribution in [3.8, 4) is 0 Å². The Kier molecular flexibility index (Phi) is 7.73. The fourth-order valence-electron chi connectivity index (χ4n) is 2.87. The number of hydrogen-bond donors (Lipinski definition) is 3. The molecule has 0 radical (unpaired) electrons. The number of halogens is 4. The first-order valence-corrected chi connectivity index (χ1v) is 9.23. The summed E-state index contributed by atoms with van der Waals surface area (Å²) in [7, 11) is 0. The Morgan fingerprint density at radius 1 is 0.871 bits per heavy atom. The predicted octanol–water partition coefficient (Wildman–Crippen LogP) is 2.10. The Morgan fingerprint density at radius 2 is 1.35 bits per heavy atom. The van der Waals surface area contributed by atoms with Crippen molar-refractivity contribution >= 4 is 17.7 Å². The summed E-state index contributed by atoms with van der Waals surface area (Å²) >= 11 is 0. The van der Waals surface area contributed by atoms with Crippen LogP contribution in [0.5, 0.6) is 0 Å². The van der Waals surface area contributed by atoms with Crippen molar-refractivity contribution in [3.63, 3.8) is 0 Å². The molecule has 6 nitrogen and oxygen atoms in total. The number of nitrogens with two attached hydrogens (primary N) is 1. The van der Waals surface area contributed by atoms with Crippen LogP contribution in [-0.4, -0.2) is 29.8 Å². The number of benzene rings is 2. The molecule has 4 N–H and O–H groups in total. The minimum atomic E-state index is -4.50. The average molecular weight is 439 g/mol. The topological polar surface area (TPSA) is 101 Å². The summed E-state index contributed by atoms with van der Waals surface area (Å²) in [6, 6.07) is 7.13. The van der Waals surface area contributed by atoms with Crippen molar-refractivity contribution in [1.29, 1.82) is 0 Å². The second-order valence-electron chi connectivity index (χ2n) is 6.95. The average Bonchev–Trinajstić information content (AvgIpc) is 2.68.